The molecule has 0 aromatic heterocycles. The summed E-state index contributed by atoms with van der Waals surface area (Å²) in [6, 6.07) is 0. The Morgan fingerprint density at radius 2 is 0.717 bits per heavy atom. The van der Waals surface area contributed by atoms with Gasteiger partial charge in [0.15, 0.2) is 6.10 Å². The molecule has 0 aliphatic carbocycles. The van der Waals surface area contributed by atoms with Crippen LogP contribution < -0.4 is 0 Å². The molecule has 0 radical (unpaired) electrons. The first-order valence-corrected chi connectivity index (χ1v) is 23.3. The van der Waals surface area contributed by atoms with Gasteiger partial charge in [0.2, 0.25) is 0 Å². The normalized spacial score (nSPS) is 12.6. The molecule has 0 saturated heterocycles. The third-order valence-electron chi connectivity index (χ3n) is 10.8. The van der Waals surface area contributed by atoms with Gasteiger partial charge < -0.3 is 14.2 Å². The van der Waals surface area contributed by atoms with E-state index in [-0.39, 0.29) is 31.1 Å². The molecule has 0 amide bonds. The first-order chi connectivity index (χ1) is 25.8. The first-order valence-electron chi connectivity index (χ1n) is 23.3. The molecule has 314 valence electrons. The smallest absolute Gasteiger partial charge is 0.306 e. The molecule has 0 rings (SSSR count). The highest BCUT2D eigenvalue weighted by Gasteiger charge is 2.19. The summed E-state index contributed by atoms with van der Waals surface area (Å²) in [4.78, 5) is 37.7. The minimum absolute atomic E-state index is 0.0654. The van der Waals surface area contributed by atoms with E-state index in [1.54, 1.807) is 0 Å². The minimum atomic E-state index is -0.760. The molecule has 0 aliphatic rings. The maximum absolute atomic E-state index is 12.7. The van der Waals surface area contributed by atoms with Crippen LogP contribution in [0.1, 0.15) is 253 Å². The average molecular weight is 751 g/mol. The van der Waals surface area contributed by atoms with E-state index in [0.717, 1.165) is 69.6 Å². The van der Waals surface area contributed by atoms with Crippen LogP contribution in [-0.2, 0) is 28.6 Å². The van der Waals surface area contributed by atoms with Gasteiger partial charge in [0.1, 0.15) is 13.2 Å². The van der Waals surface area contributed by atoms with E-state index in [2.05, 4.69) is 34.6 Å². The van der Waals surface area contributed by atoms with Crippen LogP contribution in [0.15, 0.2) is 0 Å². The van der Waals surface area contributed by atoms with Crippen LogP contribution in [0, 0.1) is 11.8 Å². The molecule has 0 saturated carbocycles. The fourth-order valence-corrected chi connectivity index (χ4v) is 6.90. The molecule has 0 aromatic carbocycles. The summed E-state index contributed by atoms with van der Waals surface area (Å²) in [5, 5.41) is 0. The highest BCUT2D eigenvalue weighted by atomic mass is 16.6. The maximum Gasteiger partial charge on any atom is 0.306 e. The monoisotopic (exact) mass is 751 g/mol. The van der Waals surface area contributed by atoms with Crippen molar-refractivity contribution < 1.29 is 28.6 Å². The van der Waals surface area contributed by atoms with Crippen LogP contribution in [0.5, 0.6) is 0 Å². The molecule has 6 heteroatoms. The number of carbonyl (C=O) groups excluding carboxylic acids is 3. The van der Waals surface area contributed by atoms with Crippen LogP contribution in [0.2, 0.25) is 0 Å². The van der Waals surface area contributed by atoms with Crippen molar-refractivity contribution in [3.8, 4) is 0 Å². The number of ether oxygens (including phenoxy) is 3. The van der Waals surface area contributed by atoms with Crippen molar-refractivity contribution in [3.05, 3.63) is 0 Å². The molecule has 0 heterocycles. The van der Waals surface area contributed by atoms with Gasteiger partial charge in [-0.25, -0.2) is 0 Å². The van der Waals surface area contributed by atoms with E-state index in [9.17, 15) is 14.4 Å². The molecule has 6 nitrogen and oxygen atoms in total. The van der Waals surface area contributed by atoms with E-state index in [0.29, 0.717) is 19.3 Å². The zero-order valence-electron chi connectivity index (χ0n) is 36.1. The van der Waals surface area contributed by atoms with E-state index in [4.69, 9.17) is 14.2 Å². The second kappa shape index (κ2) is 40.1. The van der Waals surface area contributed by atoms with Crippen molar-refractivity contribution in [2.24, 2.45) is 11.8 Å². The quantitative estimate of drug-likeness (QED) is 0.0352. The Hall–Kier alpha value is -1.59. The maximum atomic E-state index is 12.7. The number of esters is 3. The molecular weight excluding hydrogens is 661 g/mol. The third kappa shape index (κ3) is 39.9. The van der Waals surface area contributed by atoms with Crippen molar-refractivity contribution in [2.45, 2.75) is 259 Å². The van der Waals surface area contributed by atoms with Crippen LogP contribution in [0.4, 0.5) is 0 Å². The average Bonchev–Trinajstić information content (AvgIpc) is 3.14. The number of hydrogen-bond acceptors (Lipinski definition) is 6. The van der Waals surface area contributed by atoms with Crippen molar-refractivity contribution in [3.63, 3.8) is 0 Å². The highest BCUT2D eigenvalue weighted by molar-refractivity contribution is 5.71. The summed E-state index contributed by atoms with van der Waals surface area (Å²) in [6.45, 7) is 11.3. The molecule has 0 aromatic rings. The number of carbonyl (C=O) groups is 3. The summed E-state index contributed by atoms with van der Waals surface area (Å²) < 4.78 is 16.7. The zero-order valence-corrected chi connectivity index (χ0v) is 36.1. The molecule has 53 heavy (non-hydrogen) atoms. The standard InChI is InChI=1S/C47H90O6/c1-6-8-9-10-11-12-13-14-19-22-29-34-39-47(50)53-44(41-52-46(49)38-33-28-24-23-25-30-35-42(3)4)40-51-45(48)37-32-27-21-18-16-15-17-20-26-31-36-43(5)7-2/h42-44H,6-41H2,1-5H3/t43?,44-/m0/s1. The molecule has 1 unspecified atom stereocenters. The van der Waals surface area contributed by atoms with E-state index in [1.807, 2.05) is 0 Å². The van der Waals surface area contributed by atoms with Gasteiger partial charge in [-0.3, -0.25) is 14.4 Å². The lowest BCUT2D eigenvalue weighted by Crippen LogP contribution is -2.30. The van der Waals surface area contributed by atoms with Gasteiger partial charge in [0.25, 0.3) is 0 Å². The lowest BCUT2D eigenvalue weighted by atomic mass is 9.99. The number of hydrogen-bond donors (Lipinski definition) is 0. The molecule has 0 fully saturated rings. The van der Waals surface area contributed by atoms with Gasteiger partial charge in [-0.2, -0.15) is 0 Å². The molecule has 0 N–H and O–H groups in total. The fraction of sp³-hybridized carbons (Fsp3) is 0.936. The molecule has 0 spiro atoms. The Bertz CT molecular complexity index is 811. The van der Waals surface area contributed by atoms with E-state index >= 15 is 0 Å². The lowest BCUT2D eigenvalue weighted by Gasteiger charge is -2.18. The van der Waals surface area contributed by atoms with Gasteiger partial charge >= 0.3 is 17.9 Å². The highest BCUT2D eigenvalue weighted by Crippen LogP contribution is 2.17. The Morgan fingerprint density at radius 3 is 1.08 bits per heavy atom. The van der Waals surface area contributed by atoms with Crippen LogP contribution in [0.3, 0.4) is 0 Å². The Kier molecular flexibility index (Phi) is 38.9. The van der Waals surface area contributed by atoms with Crippen LogP contribution >= 0.6 is 0 Å². The largest absolute Gasteiger partial charge is 0.462 e. The minimum Gasteiger partial charge on any atom is -0.462 e. The lowest BCUT2D eigenvalue weighted by molar-refractivity contribution is -0.167. The number of unbranched alkanes of at least 4 members (excludes halogenated alkanes) is 25. The summed E-state index contributed by atoms with van der Waals surface area (Å²) in [7, 11) is 0. The summed E-state index contributed by atoms with van der Waals surface area (Å²) in [6.07, 6.45) is 38.0. The predicted octanol–water partition coefficient (Wildman–Crippen LogP) is 14.6. The van der Waals surface area contributed by atoms with Crippen molar-refractivity contribution >= 4 is 17.9 Å². The van der Waals surface area contributed by atoms with Crippen molar-refractivity contribution in [1.82, 2.24) is 0 Å². The van der Waals surface area contributed by atoms with Gasteiger partial charge in [0.05, 0.1) is 0 Å². The molecular formula is C47H90O6. The zero-order chi connectivity index (χ0) is 39.0. The second-order valence-electron chi connectivity index (χ2n) is 16.8. The summed E-state index contributed by atoms with van der Waals surface area (Å²) in [5.41, 5.74) is 0. The van der Waals surface area contributed by atoms with Gasteiger partial charge in [0, 0.05) is 19.3 Å². The predicted molar refractivity (Wildman–Crippen MR) is 224 cm³/mol. The van der Waals surface area contributed by atoms with E-state index < -0.39 is 6.10 Å². The first kappa shape index (κ1) is 51.4. The topological polar surface area (TPSA) is 78.9 Å². The Labute approximate surface area is 329 Å². The summed E-state index contributed by atoms with van der Waals surface area (Å²) >= 11 is 0. The number of rotatable bonds is 41. The van der Waals surface area contributed by atoms with E-state index in [1.165, 1.54) is 141 Å². The Morgan fingerprint density at radius 1 is 0.396 bits per heavy atom. The molecule has 0 bridgehead atoms. The SMILES string of the molecule is CCCCCCCCCCCCCCC(=O)O[C@@H](COC(=O)CCCCCCCCCCCCC(C)CC)COC(=O)CCCCCCCCC(C)C. The Balaban J connectivity index is 4.32. The van der Waals surface area contributed by atoms with Crippen molar-refractivity contribution in [2.75, 3.05) is 13.2 Å². The van der Waals surface area contributed by atoms with Gasteiger partial charge in [-0.15, -0.1) is 0 Å². The van der Waals surface area contributed by atoms with Gasteiger partial charge in [-0.1, -0.05) is 214 Å². The second-order valence-corrected chi connectivity index (χ2v) is 16.8. The summed E-state index contributed by atoms with van der Waals surface area (Å²) in [5.74, 6) is 0.772. The molecule has 0 aliphatic heterocycles. The van der Waals surface area contributed by atoms with Crippen molar-refractivity contribution in [1.29, 1.82) is 0 Å². The van der Waals surface area contributed by atoms with Crippen LogP contribution in [0.25, 0.3) is 0 Å². The third-order valence-corrected chi connectivity index (χ3v) is 10.8. The van der Waals surface area contributed by atoms with Gasteiger partial charge in [-0.05, 0) is 31.1 Å². The molecule has 2 atom stereocenters. The van der Waals surface area contributed by atoms with Crippen LogP contribution in [-0.4, -0.2) is 37.2 Å². The fourth-order valence-electron chi connectivity index (χ4n) is 6.90.